The standard InChI is InChI=1S/C19H25N5O2/c1-23(17(25)14-26-19-18(20)21-9-10-22-19)16-7-11-24(12-8-16)13-15-5-3-2-4-6-15/h2-6,9-10,16H,7-8,11-14H2,1H3,(H2,20,21). The topological polar surface area (TPSA) is 84.6 Å². The number of ether oxygens (including phenoxy) is 1. The molecule has 1 aliphatic heterocycles. The number of aromatic nitrogens is 2. The predicted octanol–water partition coefficient (Wildman–Crippen LogP) is 1.56. The van der Waals surface area contributed by atoms with Crippen molar-refractivity contribution in [2.24, 2.45) is 0 Å². The smallest absolute Gasteiger partial charge is 0.260 e. The number of piperidine rings is 1. The molecule has 0 spiro atoms. The number of carbonyl (C=O) groups is 1. The molecule has 0 unspecified atom stereocenters. The summed E-state index contributed by atoms with van der Waals surface area (Å²) >= 11 is 0. The van der Waals surface area contributed by atoms with E-state index >= 15 is 0 Å². The third-order valence-electron chi connectivity index (χ3n) is 4.77. The second kappa shape index (κ2) is 8.62. The third kappa shape index (κ3) is 4.70. The number of likely N-dealkylation sites (N-methyl/N-ethyl adjacent to an activating group) is 1. The number of amides is 1. The Bertz CT molecular complexity index is 717. The van der Waals surface area contributed by atoms with Crippen molar-refractivity contribution in [3.05, 3.63) is 48.3 Å². The van der Waals surface area contributed by atoms with Crippen LogP contribution >= 0.6 is 0 Å². The number of nitrogens with zero attached hydrogens (tertiary/aromatic N) is 4. The first kappa shape index (κ1) is 18.1. The molecule has 0 atom stereocenters. The van der Waals surface area contributed by atoms with Crippen molar-refractivity contribution < 1.29 is 9.53 Å². The molecule has 1 saturated heterocycles. The van der Waals surface area contributed by atoms with Crippen LogP contribution in [0.25, 0.3) is 0 Å². The Kier molecular flexibility index (Phi) is 6.01. The van der Waals surface area contributed by atoms with Gasteiger partial charge < -0.3 is 15.4 Å². The Morgan fingerprint density at radius 3 is 2.62 bits per heavy atom. The average molecular weight is 355 g/mol. The molecule has 1 aromatic carbocycles. The molecule has 7 nitrogen and oxygen atoms in total. The highest BCUT2D eigenvalue weighted by Crippen LogP contribution is 2.18. The quantitative estimate of drug-likeness (QED) is 0.846. The number of hydrogen-bond donors (Lipinski definition) is 1. The minimum Gasteiger partial charge on any atom is -0.465 e. The van der Waals surface area contributed by atoms with Crippen molar-refractivity contribution >= 4 is 11.7 Å². The lowest BCUT2D eigenvalue weighted by Crippen LogP contribution is -2.46. The van der Waals surface area contributed by atoms with Crippen LogP contribution in [-0.2, 0) is 11.3 Å². The fourth-order valence-corrected chi connectivity index (χ4v) is 3.19. The molecule has 0 bridgehead atoms. The highest BCUT2D eigenvalue weighted by Gasteiger charge is 2.25. The maximum absolute atomic E-state index is 12.4. The predicted molar refractivity (Wildman–Crippen MR) is 99.5 cm³/mol. The lowest BCUT2D eigenvalue weighted by Gasteiger charge is -2.36. The second-order valence-corrected chi connectivity index (χ2v) is 6.53. The zero-order valence-electron chi connectivity index (χ0n) is 15.0. The van der Waals surface area contributed by atoms with Crippen molar-refractivity contribution in [2.75, 3.05) is 32.5 Å². The summed E-state index contributed by atoms with van der Waals surface area (Å²) in [7, 11) is 1.84. The highest BCUT2D eigenvalue weighted by molar-refractivity contribution is 5.77. The van der Waals surface area contributed by atoms with Gasteiger partial charge in [0.2, 0.25) is 0 Å². The van der Waals surface area contributed by atoms with Crippen LogP contribution in [0.15, 0.2) is 42.7 Å². The van der Waals surface area contributed by atoms with E-state index in [1.807, 2.05) is 13.1 Å². The van der Waals surface area contributed by atoms with E-state index in [1.165, 1.54) is 18.0 Å². The number of nitrogen functional groups attached to an aromatic ring is 1. The first-order valence-electron chi connectivity index (χ1n) is 8.84. The van der Waals surface area contributed by atoms with Crippen LogP contribution in [0.5, 0.6) is 5.88 Å². The van der Waals surface area contributed by atoms with Crippen molar-refractivity contribution in [2.45, 2.75) is 25.4 Å². The van der Waals surface area contributed by atoms with E-state index in [4.69, 9.17) is 10.5 Å². The van der Waals surface area contributed by atoms with Gasteiger partial charge >= 0.3 is 0 Å². The van der Waals surface area contributed by atoms with Crippen LogP contribution in [-0.4, -0.2) is 58.5 Å². The Morgan fingerprint density at radius 1 is 1.23 bits per heavy atom. The first-order chi connectivity index (χ1) is 12.6. The number of rotatable bonds is 6. The molecule has 2 heterocycles. The summed E-state index contributed by atoms with van der Waals surface area (Å²) in [5.74, 6) is 0.320. The molecule has 1 fully saturated rings. The summed E-state index contributed by atoms with van der Waals surface area (Å²) in [6.45, 7) is 2.84. The summed E-state index contributed by atoms with van der Waals surface area (Å²) in [6, 6.07) is 10.7. The fraction of sp³-hybridized carbons (Fsp3) is 0.421. The van der Waals surface area contributed by atoms with E-state index in [9.17, 15) is 4.79 Å². The van der Waals surface area contributed by atoms with Gasteiger partial charge in [-0.2, -0.15) is 0 Å². The highest BCUT2D eigenvalue weighted by atomic mass is 16.5. The van der Waals surface area contributed by atoms with Crippen molar-refractivity contribution in [3.8, 4) is 5.88 Å². The van der Waals surface area contributed by atoms with Crippen molar-refractivity contribution in [1.29, 1.82) is 0 Å². The van der Waals surface area contributed by atoms with E-state index in [2.05, 4.69) is 39.1 Å². The number of benzene rings is 1. The zero-order chi connectivity index (χ0) is 18.4. The van der Waals surface area contributed by atoms with E-state index < -0.39 is 0 Å². The maximum atomic E-state index is 12.4. The number of anilines is 1. The normalized spacial score (nSPS) is 15.6. The zero-order valence-corrected chi connectivity index (χ0v) is 15.0. The van der Waals surface area contributed by atoms with E-state index in [-0.39, 0.29) is 30.3 Å². The van der Waals surface area contributed by atoms with Crippen LogP contribution < -0.4 is 10.5 Å². The van der Waals surface area contributed by atoms with Gasteiger partial charge in [-0.15, -0.1) is 0 Å². The Balaban J connectivity index is 1.44. The molecular weight excluding hydrogens is 330 g/mol. The number of likely N-dealkylation sites (tertiary alicyclic amines) is 1. The van der Waals surface area contributed by atoms with Gasteiger partial charge in [0.15, 0.2) is 12.4 Å². The van der Waals surface area contributed by atoms with Gasteiger partial charge in [-0.05, 0) is 18.4 Å². The van der Waals surface area contributed by atoms with Crippen LogP contribution in [0.3, 0.4) is 0 Å². The lowest BCUT2D eigenvalue weighted by atomic mass is 10.0. The van der Waals surface area contributed by atoms with Crippen LogP contribution in [0.2, 0.25) is 0 Å². The van der Waals surface area contributed by atoms with Gasteiger partial charge in [-0.3, -0.25) is 9.69 Å². The molecule has 7 heteroatoms. The summed E-state index contributed by atoms with van der Waals surface area (Å²) < 4.78 is 5.41. The molecule has 0 aliphatic carbocycles. The Labute approximate surface area is 153 Å². The summed E-state index contributed by atoms with van der Waals surface area (Å²) in [6.07, 6.45) is 4.90. The van der Waals surface area contributed by atoms with Crippen molar-refractivity contribution in [1.82, 2.24) is 19.8 Å². The van der Waals surface area contributed by atoms with Crippen LogP contribution in [0, 0.1) is 0 Å². The van der Waals surface area contributed by atoms with E-state index in [0.29, 0.717) is 0 Å². The van der Waals surface area contributed by atoms with Crippen LogP contribution in [0.4, 0.5) is 5.82 Å². The molecule has 26 heavy (non-hydrogen) atoms. The molecule has 3 rings (SSSR count). The largest absolute Gasteiger partial charge is 0.465 e. The first-order valence-corrected chi connectivity index (χ1v) is 8.84. The average Bonchev–Trinajstić information content (AvgIpc) is 2.68. The molecule has 138 valence electrons. The van der Waals surface area contributed by atoms with E-state index in [1.54, 1.807) is 4.90 Å². The summed E-state index contributed by atoms with van der Waals surface area (Å²) in [5, 5.41) is 0. The van der Waals surface area contributed by atoms with Gasteiger partial charge in [0, 0.05) is 45.1 Å². The third-order valence-corrected chi connectivity index (χ3v) is 4.77. The minimum absolute atomic E-state index is 0.0726. The number of carbonyl (C=O) groups excluding carboxylic acids is 1. The van der Waals surface area contributed by atoms with Gasteiger partial charge in [0.25, 0.3) is 11.8 Å². The molecule has 1 aliphatic rings. The van der Waals surface area contributed by atoms with Crippen LogP contribution in [0.1, 0.15) is 18.4 Å². The van der Waals surface area contributed by atoms with Gasteiger partial charge in [-0.1, -0.05) is 30.3 Å². The molecule has 1 aromatic heterocycles. The maximum Gasteiger partial charge on any atom is 0.260 e. The number of nitrogens with two attached hydrogens (primary N) is 1. The molecule has 2 N–H and O–H groups in total. The van der Waals surface area contributed by atoms with Gasteiger partial charge in [0.05, 0.1) is 0 Å². The molecule has 0 radical (unpaired) electrons. The molecular formula is C19H25N5O2. The SMILES string of the molecule is CN(C(=O)COc1nccnc1N)C1CCN(Cc2ccccc2)CC1. The minimum atomic E-state index is -0.0797. The number of hydrogen-bond acceptors (Lipinski definition) is 6. The van der Waals surface area contributed by atoms with Gasteiger partial charge in [0.1, 0.15) is 0 Å². The second-order valence-electron chi connectivity index (χ2n) is 6.53. The molecule has 2 aromatic rings. The molecule has 0 saturated carbocycles. The van der Waals surface area contributed by atoms with Crippen molar-refractivity contribution in [3.63, 3.8) is 0 Å². The Morgan fingerprint density at radius 2 is 1.92 bits per heavy atom. The fourth-order valence-electron chi connectivity index (χ4n) is 3.19. The van der Waals surface area contributed by atoms with E-state index in [0.717, 1.165) is 32.5 Å². The molecule has 1 amide bonds. The summed E-state index contributed by atoms with van der Waals surface area (Å²) in [5.41, 5.74) is 7.00. The monoisotopic (exact) mass is 355 g/mol. The Hall–Kier alpha value is -2.67. The van der Waals surface area contributed by atoms with Gasteiger partial charge in [-0.25, -0.2) is 9.97 Å². The lowest BCUT2D eigenvalue weighted by molar-refractivity contribution is -0.135. The summed E-state index contributed by atoms with van der Waals surface area (Å²) in [4.78, 5) is 24.5.